The maximum Gasteiger partial charge on any atom is 0.357 e. The molecule has 1 aliphatic heterocycles. The number of carbonyl (C=O) groups is 2. The number of carbonyl (C=O) groups excluding carboxylic acids is 2. The molecule has 1 N–H and O–H groups in total. The lowest BCUT2D eigenvalue weighted by atomic mass is 9.75. The summed E-state index contributed by atoms with van der Waals surface area (Å²) in [5.41, 5.74) is 0.437. The first-order valence-corrected chi connectivity index (χ1v) is 8.32. The van der Waals surface area contributed by atoms with Gasteiger partial charge in [0.1, 0.15) is 5.60 Å². The quantitative estimate of drug-likeness (QED) is 0.836. The summed E-state index contributed by atoms with van der Waals surface area (Å²) in [7, 11) is 1.48. The predicted molar refractivity (Wildman–Crippen MR) is 88.5 cm³/mol. The molecule has 1 spiro atoms. The number of aromatic nitrogens is 1. The number of pyridine rings is 1. The first-order valence-electron chi connectivity index (χ1n) is 8.32. The van der Waals surface area contributed by atoms with Crippen molar-refractivity contribution in [1.29, 1.82) is 0 Å². The number of hydrogen-bond donors (Lipinski definition) is 1. The number of nitrogens with one attached hydrogen (secondary N) is 1. The summed E-state index contributed by atoms with van der Waals surface area (Å²) in [5.74, 6) is -0.130. The highest BCUT2D eigenvalue weighted by molar-refractivity contribution is 6.07. The molecule has 24 heavy (non-hydrogen) atoms. The second-order valence-electron chi connectivity index (χ2n) is 7.58. The average molecular weight is 332 g/mol. The van der Waals surface area contributed by atoms with E-state index < -0.39 is 17.0 Å². The summed E-state index contributed by atoms with van der Waals surface area (Å²) in [6.45, 7) is 7.05. The van der Waals surface area contributed by atoms with Crippen LogP contribution in [-0.2, 0) is 11.2 Å². The molecule has 1 saturated heterocycles. The van der Waals surface area contributed by atoms with E-state index in [1.807, 2.05) is 20.8 Å². The molecule has 2 heterocycles. The number of ether oxygens (including phenoxy) is 2. The molecule has 1 aromatic heterocycles. The summed E-state index contributed by atoms with van der Waals surface area (Å²) in [4.78, 5) is 29.9. The van der Waals surface area contributed by atoms with Gasteiger partial charge in [-0.2, -0.15) is 0 Å². The summed E-state index contributed by atoms with van der Waals surface area (Å²) < 4.78 is 10.7. The molecule has 0 radical (unpaired) electrons. The second kappa shape index (κ2) is 5.84. The van der Waals surface area contributed by atoms with Gasteiger partial charge in [0.2, 0.25) is 5.88 Å². The van der Waals surface area contributed by atoms with Crippen LogP contribution in [0, 0.1) is 5.41 Å². The number of rotatable bonds is 2. The molecule has 6 heteroatoms. The third-order valence-corrected chi connectivity index (χ3v) is 4.70. The number of methoxy groups -OCH3 is 1. The number of piperidine rings is 1. The van der Waals surface area contributed by atoms with E-state index in [4.69, 9.17) is 9.47 Å². The minimum atomic E-state index is -0.621. The highest BCUT2D eigenvalue weighted by Crippen LogP contribution is 2.45. The molecule has 2 aliphatic rings. The Bertz CT molecular complexity index is 685. The number of esters is 1. The molecular weight excluding hydrogens is 308 g/mol. The fourth-order valence-electron chi connectivity index (χ4n) is 3.54. The van der Waals surface area contributed by atoms with Crippen molar-refractivity contribution in [2.75, 3.05) is 20.2 Å². The van der Waals surface area contributed by atoms with E-state index in [9.17, 15) is 9.59 Å². The van der Waals surface area contributed by atoms with Crippen LogP contribution in [0.5, 0.6) is 5.88 Å². The SMILES string of the molecule is COc1cc2c(c(C(=O)OC(C)(C)C)n1)CC1(CCNCC1)C2=O. The summed E-state index contributed by atoms with van der Waals surface area (Å²) in [6, 6.07) is 1.66. The van der Waals surface area contributed by atoms with E-state index >= 15 is 0 Å². The fraction of sp³-hybridized carbons (Fsp3) is 0.611. The van der Waals surface area contributed by atoms with Gasteiger partial charge in [0, 0.05) is 17.0 Å². The van der Waals surface area contributed by atoms with Gasteiger partial charge < -0.3 is 14.8 Å². The first-order chi connectivity index (χ1) is 11.3. The van der Waals surface area contributed by atoms with Crippen molar-refractivity contribution in [3.8, 4) is 5.88 Å². The summed E-state index contributed by atoms with van der Waals surface area (Å²) in [5, 5.41) is 3.29. The van der Waals surface area contributed by atoms with Gasteiger partial charge in [-0.15, -0.1) is 0 Å². The van der Waals surface area contributed by atoms with Crippen LogP contribution >= 0.6 is 0 Å². The number of hydrogen-bond acceptors (Lipinski definition) is 6. The van der Waals surface area contributed by atoms with Crippen LogP contribution in [0.4, 0.5) is 0 Å². The van der Waals surface area contributed by atoms with Crippen molar-refractivity contribution < 1.29 is 19.1 Å². The Balaban J connectivity index is 2.04. The van der Waals surface area contributed by atoms with E-state index in [0.717, 1.165) is 25.9 Å². The Morgan fingerprint density at radius 1 is 1.29 bits per heavy atom. The van der Waals surface area contributed by atoms with Crippen LogP contribution in [0.25, 0.3) is 0 Å². The van der Waals surface area contributed by atoms with Gasteiger partial charge in [-0.05, 0) is 58.7 Å². The third kappa shape index (κ3) is 2.90. The normalized spacial score (nSPS) is 19.2. The van der Waals surface area contributed by atoms with Crippen LogP contribution in [0.2, 0.25) is 0 Å². The zero-order valence-corrected chi connectivity index (χ0v) is 14.7. The molecule has 0 saturated carbocycles. The molecule has 0 amide bonds. The molecule has 1 fully saturated rings. The van der Waals surface area contributed by atoms with Crippen molar-refractivity contribution in [2.24, 2.45) is 5.41 Å². The van der Waals surface area contributed by atoms with Crippen LogP contribution < -0.4 is 10.1 Å². The Morgan fingerprint density at radius 2 is 1.96 bits per heavy atom. The van der Waals surface area contributed by atoms with Gasteiger partial charge >= 0.3 is 5.97 Å². The molecule has 6 nitrogen and oxygen atoms in total. The number of Topliss-reactive ketones (excluding diaryl/α,β-unsaturated/α-hetero) is 1. The maximum atomic E-state index is 13.0. The lowest BCUT2D eigenvalue weighted by Crippen LogP contribution is -2.40. The standard InChI is InChI=1S/C18H24N2O4/c1-17(2,3)24-16(22)14-12-10-18(5-7-19-8-6-18)15(21)11(12)9-13(20-14)23-4/h9,19H,5-8,10H2,1-4H3. The summed E-state index contributed by atoms with van der Waals surface area (Å²) >= 11 is 0. The van der Waals surface area contributed by atoms with Crippen LogP contribution in [0.15, 0.2) is 6.07 Å². The van der Waals surface area contributed by atoms with Crippen molar-refractivity contribution >= 4 is 11.8 Å². The molecule has 0 atom stereocenters. The molecule has 3 rings (SSSR count). The van der Waals surface area contributed by atoms with Crippen molar-refractivity contribution in [3.63, 3.8) is 0 Å². The Morgan fingerprint density at radius 3 is 2.54 bits per heavy atom. The van der Waals surface area contributed by atoms with Crippen LogP contribution in [0.3, 0.4) is 0 Å². The molecular formula is C18H24N2O4. The zero-order chi connectivity index (χ0) is 17.5. The van der Waals surface area contributed by atoms with Gasteiger partial charge in [-0.1, -0.05) is 0 Å². The van der Waals surface area contributed by atoms with Crippen molar-refractivity contribution in [3.05, 3.63) is 22.9 Å². The zero-order valence-electron chi connectivity index (χ0n) is 14.7. The van der Waals surface area contributed by atoms with Gasteiger partial charge in [0.05, 0.1) is 7.11 Å². The molecule has 0 unspecified atom stereocenters. The summed E-state index contributed by atoms with van der Waals surface area (Å²) in [6.07, 6.45) is 2.10. The Hall–Kier alpha value is -1.95. The smallest absolute Gasteiger partial charge is 0.357 e. The lowest BCUT2D eigenvalue weighted by molar-refractivity contribution is 0.00602. The molecule has 0 bridgehead atoms. The minimum Gasteiger partial charge on any atom is -0.481 e. The van der Waals surface area contributed by atoms with Gasteiger partial charge in [0.15, 0.2) is 11.5 Å². The highest BCUT2D eigenvalue weighted by Gasteiger charge is 2.48. The highest BCUT2D eigenvalue weighted by atomic mass is 16.6. The topological polar surface area (TPSA) is 77.5 Å². The monoisotopic (exact) mass is 332 g/mol. The number of fused-ring (bicyclic) bond motifs is 1. The average Bonchev–Trinajstić information content (AvgIpc) is 2.78. The van der Waals surface area contributed by atoms with Crippen LogP contribution in [0.1, 0.15) is 60.0 Å². The predicted octanol–water partition coefficient (Wildman–Crippen LogP) is 2.15. The second-order valence-corrected chi connectivity index (χ2v) is 7.58. The largest absolute Gasteiger partial charge is 0.481 e. The van der Waals surface area contributed by atoms with Crippen LogP contribution in [-0.4, -0.2) is 42.5 Å². The maximum absolute atomic E-state index is 13.0. The Kier molecular flexibility index (Phi) is 4.11. The van der Waals surface area contributed by atoms with Gasteiger partial charge in [0.25, 0.3) is 0 Å². The van der Waals surface area contributed by atoms with E-state index in [1.54, 1.807) is 6.07 Å². The third-order valence-electron chi connectivity index (χ3n) is 4.70. The fourth-order valence-corrected chi connectivity index (χ4v) is 3.54. The van der Waals surface area contributed by atoms with Crippen molar-refractivity contribution in [2.45, 2.75) is 45.6 Å². The van der Waals surface area contributed by atoms with E-state index in [2.05, 4.69) is 10.3 Å². The molecule has 1 aliphatic carbocycles. The van der Waals surface area contributed by atoms with E-state index in [1.165, 1.54) is 7.11 Å². The molecule has 1 aromatic rings. The Labute approximate surface area is 141 Å². The minimum absolute atomic E-state index is 0.101. The number of nitrogens with zero attached hydrogens (tertiary/aromatic N) is 1. The van der Waals surface area contributed by atoms with E-state index in [-0.39, 0.29) is 17.4 Å². The van der Waals surface area contributed by atoms with Gasteiger partial charge in [-0.25, -0.2) is 9.78 Å². The van der Waals surface area contributed by atoms with E-state index in [0.29, 0.717) is 17.5 Å². The van der Waals surface area contributed by atoms with Gasteiger partial charge in [-0.3, -0.25) is 4.79 Å². The van der Waals surface area contributed by atoms with Crippen molar-refractivity contribution in [1.82, 2.24) is 10.3 Å². The first kappa shape index (κ1) is 16.9. The molecule has 130 valence electrons. The molecule has 0 aromatic carbocycles. The number of ketones is 1. The lowest BCUT2D eigenvalue weighted by Gasteiger charge is -2.32.